The highest BCUT2D eigenvalue weighted by Crippen LogP contribution is 2.26. The van der Waals surface area contributed by atoms with Crippen molar-refractivity contribution in [2.24, 2.45) is 5.10 Å². The summed E-state index contributed by atoms with van der Waals surface area (Å²) in [5, 5.41) is 7.60. The highest BCUT2D eigenvalue weighted by Gasteiger charge is 2.28. The number of carbonyl (C=O) groups is 2. The first-order valence-electron chi connectivity index (χ1n) is 8.74. The summed E-state index contributed by atoms with van der Waals surface area (Å²) in [5.41, 5.74) is 2.69. The van der Waals surface area contributed by atoms with E-state index in [9.17, 15) is 9.59 Å². The number of esters is 1. The lowest BCUT2D eigenvalue weighted by Crippen LogP contribution is -2.21. The van der Waals surface area contributed by atoms with Crippen molar-refractivity contribution >= 4 is 56.6 Å². The van der Waals surface area contributed by atoms with Crippen LogP contribution >= 0.6 is 27.3 Å². The average molecular weight is 467 g/mol. The Hall–Kier alpha value is -3.03. The number of hydrogen-bond donors (Lipinski definition) is 0. The third-order valence-corrected chi connectivity index (χ3v) is 5.64. The molecule has 1 aliphatic heterocycles. The van der Waals surface area contributed by atoms with E-state index in [1.54, 1.807) is 49.4 Å². The maximum Gasteiger partial charge on any atom is 0.353 e. The van der Waals surface area contributed by atoms with Crippen LogP contribution in [0, 0.1) is 0 Å². The molecule has 2 aromatic carbocycles. The first kappa shape index (κ1) is 19.3. The van der Waals surface area contributed by atoms with Gasteiger partial charge in [-0.25, -0.2) is 4.79 Å². The number of thiophene rings is 1. The van der Waals surface area contributed by atoms with Gasteiger partial charge in [0, 0.05) is 4.47 Å². The fourth-order valence-electron chi connectivity index (χ4n) is 2.79. The van der Waals surface area contributed by atoms with Crippen molar-refractivity contribution in [2.75, 3.05) is 5.01 Å². The number of benzene rings is 2. The lowest BCUT2D eigenvalue weighted by Gasteiger charge is -2.11. The zero-order valence-electron chi connectivity index (χ0n) is 15.3. The molecule has 0 radical (unpaired) electrons. The fourth-order valence-corrected chi connectivity index (χ4v) is 3.66. The van der Waals surface area contributed by atoms with Crippen LogP contribution in [-0.2, 0) is 4.79 Å². The zero-order chi connectivity index (χ0) is 20.4. The van der Waals surface area contributed by atoms with Gasteiger partial charge in [-0.3, -0.25) is 4.79 Å². The van der Waals surface area contributed by atoms with Gasteiger partial charge in [0.2, 0.25) is 0 Å². The van der Waals surface area contributed by atoms with Crippen LogP contribution in [0.25, 0.3) is 6.08 Å². The van der Waals surface area contributed by atoms with Gasteiger partial charge in [-0.1, -0.05) is 34.1 Å². The lowest BCUT2D eigenvalue weighted by molar-refractivity contribution is -0.114. The minimum absolute atomic E-state index is 0.182. The Balaban J connectivity index is 1.50. The van der Waals surface area contributed by atoms with Crippen LogP contribution in [-0.4, -0.2) is 17.6 Å². The smallest absolute Gasteiger partial charge is 0.353 e. The van der Waals surface area contributed by atoms with Crippen LogP contribution in [0.15, 0.2) is 81.2 Å². The second-order valence-corrected chi connectivity index (χ2v) is 8.14. The number of hydrazone groups is 1. The number of amides is 1. The standard InChI is InChI=1S/C22H15BrN2O3S/c1-14-19(21(26)25(24-14)17-8-6-16(23)7-9-17)13-15-4-10-18(11-5-15)28-22(27)20-3-2-12-29-20/h2-13H,1H3. The largest absolute Gasteiger partial charge is 0.422 e. The SMILES string of the molecule is CC1=NN(c2ccc(Br)cc2)C(=O)C1=Cc1ccc(OC(=O)c2cccs2)cc1. The van der Waals surface area contributed by atoms with E-state index in [0.717, 1.165) is 10.0 Å². The monoisotopic (exact) mass is 466 g/mol. The minimum atomic E-state index is -0.384. The van der Waals surface area contributed by atoms with Crippen LogP contribution in [0.5, 0.6) is 5.75 Å². The summed E-state index contributed by atoms with van der Waals surface area (Å²) in [4.78, 5) is 25.4. The first-order chi connectivity index (χ1) is 14.0. The molecule has 0 bridgehead atoms. The molecule has 0 saturated carbocycles. The first-order valence-corrected chi connectivity index (χ1v) is 10.4. The Labute approximate surface area is 180 Å². The predicted molar refractivity (Wildman–Crippen MR) is 118 cm³/mol. The van der Waals surface area contributed by atoms with E-state index in [-0.39, 0.29) is 11.9 Å². The van der Waals surface area contributed by atoms with Crippen LogP contribution < -0.4 is 9.75 Å². The highest BCUT2D eigenvalue weighted by molar-refractivity contribution is 9.10. The number of rotatable bonds is 4. The quantitative estimate of drug-likeness (QED) is 0.288. The molecule has 0 saturated heterocycles. The molecule has 144 valence electrons. The summed E-state index contributed by atoms with van der Waals surface area (Å²) in [6.45, 7) is 1.81. The van der Waals surface area contributed by atoms with Gasteiger partial charge in [0.15, 0.2) is 0 Å². The van der Waals surface area contributed by atoms with Gasteiger partial charge in [-0.15, -0.1) is 11.3 Å². The van der Waals surface area contributed by atoms with Crippen molar-refractivity contribution in [2.45, 2.75) is 6.92 Å². The van der Waals surface area contributed by atoms with E-state index >= 15 is 0 Å². The molecule has 1 amide bonds. The highest BCUT2D eigenvalue weighted by atomic mass is 79.9. The van der Waals surface area contributed by atoms with Gasteiger partial charge in [-0.2, -0.15) is 10.1 Å². The lowest BCUT2D eigenvalue weighted by atomic mass is 10.1. The van der Waals surface area contributed by atoms with Crippen LogP contribution in [0.1, 0.15) is 22.2 Å². The Morgan fingerprint density at radius 1 is 1.10 bits per heavy atom. The number of halogens is 1. The predicted octanol–water partition coefficient (Wildman–Crippen LogP) is 5.54. The van der Waals surface area contributed by atoms with Crippen molar-refractivity contribution in [3.05, 3.63) is 86.5 Å². The summed E-state index contributed by atoms with van der Waals surface area (Å²) >= 11 is 4.72. The van der Waals surface area contributed by atoms with Crippen molar-refractivity contribution < 1.29 is 14.3 Å². The fraction of sp³-hybridized carbons (Fsp3) is 0.0455. The Morgan fingerprint density at radius 3 is 2.48 bits per heavy atom. The van der Waals surface area contributed by atoms with Gasteiger partial charge < -0.3 is 4.74 Å². The van der Waals surface area contributed by atoms with Crippen LogP contribution in [0.3, 0.4) is 0 Å². The van der Waals surface area contributed by atoms with Gasteiger partial charge in [0.25, 0.3) is 5.91 Å². The molecular formula is C22H15BrN2O3S. The molecule has 0 atom stereocenters. The molecule has 0 unspecified atom stereocenters. The normalized spacial score (nSPS) is 15.0. The molecule has 0 N–H and O–H groups in total. The second-order valence-electron chi connectivity index (χ2n) is 6.27. The maximum atomic E-state index is 12.8. The summed E-state index contributed by atoms with van der Waals surface area (Å²) in [6, 6.07) is 17.9. The molecule has 0 spiro atoms. The molecule has 29 heavy (non-hydrogen) atoms. The average Bonchev–Trinajstić information content (AvgIpc) is 3.35. The zero-order valence-corrected chi connectivity index (χ0v) is 17.7. The Kier molecular flexibility index (Phi) is 5.42. The number of nitrogens with zero attached hydrogens (tertiary/aromatic N) is 2. The molecule has 5 nitrogen and oxygen atoms in total. The van der Waals surface area contributed by atoms with E-state index in [1.807, 2.05) is 29.6 Å². The minimum Gasteiger partial charge on any atom is -0.422 e. The molecule has 1 aromatic heterocycles. The summed E-state index contributed by atoms with van der Waals surface area (Å²) in [7, 11) is 0. The van der Waals surface area contributed by atoms with Crippen molar-refractivity contribution in [3.63, 3.8) is 0 Å². The van der Waals surface area contributed by atoms with E-state index in [0.29, 0.717) is 27.6 Å². The maximum absolute atomic E-state index is 12.8. The van der Waals surface area contributed by atoms with Crippen molar-refractivity contribution in [3.8, 4) is 5.75 Å². The van der Waals surface area contributed by atoms with E-state index < -0.39 is 0 Å². The number of anilines is 1. The molecule has 2 heterocycles. The third kappa shape index (κ3) is 4.21. The van der Waals surface area contributed by atoms with Crippen molar-refractivity contribution in [1.82, 2.24) is 0 Å². The molecule has 4 rings (SSSR count). The molecular weight excluding hydrogens is 452 g/mol. The van der Waals surface area contributed by atoms with E-state index in [2.05, 4.69) is 21.0 Å². The molecule has 3 aromatic rings. The van der Waals surface area contributed by atoms with Gasteiger partial charge in [0.1, 0.15) is 10.6 Å². The molecule has 0 aliphatic carbocycles. The van der Waals surface area contributed by atoms with Gasteiger partial charge >= 0.3 is 5.97 Å². The summed E-state index contributed by atoms with van der Waals surface area (Å²) < 4.78 is 6.29. The van der Waals surface area contributed by atoms with E-state index in [4.69, 9.17) is 4.74 Å². The van der Waals surface area contributed by atoms with Crippen LogP contribution in [0.2, 0.25) is 0 Å². The molecule has 1 aliphatic rings. The van der Waals surface area contributed by atoms with Gasteiger partial charge in [-0.05, 0) is 66.4 Å². The number of hydrogen-bond acceptors (Lipinski definition) is 5. The topological polar surface area (TPSA) is 59.0 Å². The summed E-state index contributed by atoms with van der Waals surface area (Å²) in [6.07, 6.45) is 1.78. The van der Waals surface area contributed by atoms with Crippen molar-refractivity contribution in [1.29, 1.82) is 0 Å². The number of ether oxygens (including phenoxy) is 1. The third-order valence-electron chi connectivity index (χ3n) is 4.26. The van der Waals surface area contributed by atoms with E-state index in [1.165, 1.54) is 16.3 Å². The number of carbonyl (C=O) groups excluding carboxylic acids is 2. The van der Waals surface area contributed by atoms with Crippen LogP contribution in [0.4, 0.5) is 5.69 Å². The molecule has 7 heteroatoms. The Bertz CT molecular complexity index is 1120. The van der Waals surface area contributed by atoms with Gasteiger partial charge in [0.05, 0.1) is 17.0 Å². The second kappa shape index (κ2) is 8.14. The molecule has 0 fully saturated rings. The summed E-state index contributed by atoms with van der Waals surface area (Å²) in [5.74, 6) is -0.117. The Morgan fingerprint density at radius 2 is 1.83 bits per heavy atom.